The highest BCUT2D eigenvalue weighted by molar-refractivity contribution is 7.13. The lowest BCUT2D eigenvalue weighted by atomic mass is 9.99. The van der Waals surface area contributed by atoms with Crippen LogP contribution in [0.4, 0.5) is 0 Å². The normalized spacial score (nSPS) is 14.1. The van der Waals surface area contributed by atoms with E-state index < -0.39 is 0 Å². The van der Waals surface area contributed by atoms with Crippen molar-refractivity contribution in [2.45, 2.75) is 26.2 Å². The van der Waals surface area contributed by atoms with Crippen molar-refractivity contribution in [3.05, 3.63) is 45.3 Å². The minimum Gasteiger partial charge on any atom is -0.144 e. The summed E-state index contributed by atoms with van der Waals surface area (Å²) in [6, 6.07) is 6.49. The lowest BCUT2D eigenvalue weighted by Crippen LogP contribution is -1.90. The molecule has 0 saturated carbocycles. The quantitative estimate of drug-likeness (QED) is 0.624. The molecule has 1 heterocycles. The Balaban J connectivity index is 2.33. The number of benzene rings is 1. The van der Waals surface area contributed by atoms with Crippen molar-refractivity contribution in [3.63, 3.8) is 0 Å². The van der Waals surface area contributed by atoms with Gasteiger partial charge in [0, 0.05) is 9.90 Å². The summed E-state index contributed by atoms with van der Waals surface area (Å²) >= 11 is 8.08. The number of rotatable bonds is 0. The zero-order valence-corrected chi connectivity index (χ0v) is 10.8. The Morgan fingerprint density at radius 1 is 1.12 bits per heavy atom. The van der Waals surface area contributed by atoms with Gasteiger partial charge in [0.15, 0.2) is 0 Å². The molecule has 1 aromatic heterocycles. The fraction of sp³-hybridized carbons (Fsp3) is 0.286. The van der Waals surface area contributed by atoms with Crippen LogP contribution in [0.3, 0.4) is 0 Å². The van der Waals surface area contributed by atoms with Crippen molar-refractivity contribution in [1.82, 2.24) is 0 Å². The van der Waals surface area contributed by atoms with Crippen LogP contribution in [-0.2, 0) is 12.8 Å². The number of hydrogen-bond acceptors (Lipinski definition) is 1. The van der Waals surface area contributed by atoms with Gasteiger partial charge in [-0.3, -0.25) is 0 Å². The van der Waals surface area contributed by atoms with Gasteiger partial charge in [0.05, 0.1) is 0 Å². The summed E-state index contributed by atoms with van der Waals surface area (Å²) in [6.07, 6.45) is 3.62. The molecule has 0 atom stereocenters. The highest BCUT2D eigenvalue weighted by Crippen LogP contribution is 2.40. The average Bonchev–Trinajstić information content (AvgIpc) is 2.65. The van der Waals surface area contributed by atoms with Gasteiger partial charge in [0.2, 0.25) is 0 Å². The molecule has 3 rings (SSSR count). The van der Waals surface area contributed by atoms with Crippen LogP contribution in [0.25, 0.3) is 10.4 Å². The van der Waals surface area contributed by atoms with E-state index in [9.17, 15) is 0 Å². The molecular weight excluding hydrogens is 236 g/mol. The molecule has 1 aliphatic rings. The lowest BCUT2D eigenvalue weighted by molar-refractivity contribution is 0.835. The average molecular weight is 249 g/mol. The maximum absolute atomic E-state index is 6.24. The first-order valence-electron chi connectivity index (χ1n) is 5.62. The minimum atomic E-state index is 0.889. The molecule has 2 heteroatoms. The Morgan fingerprint density at radius 2 is 1.94 bits per heavy atom. The fourth-order valence-electron chi connectivity index (χ4n) is 2.49. The van der Waals surface area contributed by atoms with Crippen molar-refractivity contribution in [3.8, 4) is 10.4 Å². The molecule has 0 fully saturated rings. The summed E-state index contributed by atoms with van der Waals surface area (Å²) in [5.74, 6) is 0. The summed E-state index contributed by atoms with van der Waals surface area (Å²) in [5.41, 5.74) is 5.59. The van der Waals surface area contributed by atoms with Crippen LogP contribution in [0, 0.1) is 6.92 Å². The van der Waals surface area contributed by atoms with Crippen molar-refractivity contribution < 1.29 is 0 Å². The van der Waals surface area contributed by atoms with Gasteiger partial charge in [-0.1, -0.05) is 17.7 Å². The second-order valence-corrected chi connectivity index (χ2v) is 5.66. The van der Waals surface area contributed by atoms with Gasteiger partial charge in [-0.15, -0.1) is 11.3 Å². The first kappa shape index (κ1) is 10.4. The molecule has 82 valence electrons. The van der Waals surface area contributed by atoms with Gasteiger partial charge < -0.3 is 0 Å². The van der Waals surface area contributed by atoms with E-state index in [1.54, 1.807) is 0 Å². The highest BCUT2D eigenvalue weighted by Gasteiger charge is 2.18. The lowest BCUT2D eigenvalue weighted by Gasteiger charge is -2.11. The Morgan fingerprint density at radius 3 is 2.81 bits per heavy atom. The third-order valence-electron chi connectivity index (χ3n) is 3.35. The van der Waals surface area contributed by atoms with Crippen molar-refractivity contribution in [1.29, 1.82) is 0 Å². The van der Waals surface area contributed by atoms with E-state index in [-0.39, 0.29) is 0 Å². The van der Waals surface area contributed by atoms with E-state index in [0.717, 1.165) is 5.02 Å². The third kappa shape index (κ3) is 1.50. The van der Waals surface area contributed by atoms with E-state index in [0.29, 0.717) is 0 Å². The van der Waals surface area contributed by atoms with Gasteiger partial charge in [0.25, 0.3) is 0 Å². The van der Waals surface area contributed by atoms with E-state index >= 15 is 0 Å². The molecule has 0 N–H and O–H groups in total. The highest BCUT2D eigenvalue weighted by atomic mass is 35.5. The van der Waals surface area contributed by atoms with E-state index in [1.807, 2.05) is 17.4 Å². The van der Waals surface area contributed by atoms with Crippen LogP contribution in [0.5, 0.6) is 0 Å². The molecule has 16 heavy (non-hydrogen) atoms. The van der Waals surface area contributed by atoms with E-state index in [2.05, 4.69) is 24.4 Å². The van der Waals surface area contributed by atoms with Crippen molar-refractivity contribution >= 4 is 22.9 Å². The molecule has 0 amide bonds. The van der Waals surface area contributed by atoms with E-state index in [1.165, 1.54) is 46.4 Å². The molecule has 0 saturated heterocycles. The molecule has 0 radical (unpaired) electrons. The van der Waals surface area contributed by atoms with Gasteiger partial charge in [-0.05, 0) is 66.0 Å². The van der Waals surface area contributed by atoms with Crippen LogP contribution >= 0.6 is 22.9 Å². The summed E-state index contributed by atoms with van der Waals surface area (Å²) < 4.78 is 0. The van der Waals surface area contributed by atoms with Crippen LogP contribution in [-0.4, -0.2) is 0 Å². The standard InChI is InChI=1S/C14H13ClS/c1-9-12(15)6-5-10-3-2-4-11-7-8-16-14(11)13(9)10/h5-8H,2-4H2,1H3. The first-order valence-corrected chi connectivity index (χ1v) is 6.88. The fourth-order valence-corrected chi connectivity index (χ4v) is 3.74. The monoisotopic (exact) mass is 248 g/mol. The molecule has 2 aromatic rings. The van der Waals surface area contributed by atoms with Gasteiger partial charge in [0.1, 0.15) is 0 Å². The smallest absolute Gasteiger partial charge is 0.0441 e. The maximum Gasteiger partial charge on any atom is 0.0441 e. The number of fused-ring (bicyclic) bond motifs is 3. The predicted octanol–water partition coefficient (Wildman–Crippen LogP) is 4.87. The molecule has 0 bridgehead atoms. The summed E-state index contributed by atoms with van der Waals surface area (Å²) in [5, 5.41) is 3.08. The number of aryl methyl sites for hydroxylation is 2. The molecule has 1 aromatic carbocycles. The second-order valence-electron chi connectivity index (χ2n) is 4.34. The Hall–Kier alpha value is -0.790. The zero-order valence-electron chi connectivity index (χ0n) is 9.22. The molecule has 0 unspecified atom stereocenters. The summed E-state index contributed by atoms with van der Waals surface area (Å²) in [4.78, 5) is 1.44. The van der Waals surface area contributed by atoms with Crippen molar-refractivity contribution in [2.75, 3.05) is 0 Å². The van der Waals surface area contributed by atoms with Gasteiger partial charge in [-0.25, -0.2) is 0 Å². The Bertz CT molecular complexity index is 540. The van der Waals surface area contributed by atoms with Crippen LogP contribution < -0.4 is 0 Å². The number of thiophene rings is 1. The zero-order chi connectivity index (χ0) is 11.1. The largest absolute Gasteiger partial charge is 0.144 e. The van der Waals surface area contributed by atoms with Crippen LogP contribution in [0.1, 0.15) is 23.1 Å². The first-order chi connectivity index (χ1) is 7.77. The summed E-state index contributed by atoms with van der Waals surface area (Å²) in [6.45, 7) is 2.13. The van der Waals surface area contributed by atoms with Crippen LogP contribution in [0.15, 0.2) is 23.6 Å². The van der Waals surface area contributed by atoms with Crippen LogP contribution in [0.2, 0.25) is 5.02 Å². The molecule has 0 nitrogen and oxygen atoms in total. The second kappa shape index (κ2) is 3.90. The Labute approximate surface area is 105 Å². The van der Waals surface area contributed by atoms with E-state index in [4.69, 9.17) is 11.6 Å². The third-order valence-corrected chi connectivity index (χ3v) is 4.73. The number of halogens is 1. The molecule has 1 aliphatic carbocycles. The van der Waals surface area contributed by atoms with Gasteiger partial charge in [-0.2, -0.15) is 0 Å². The topological polar surface area (TPSA) is 0 Å². The minimum absolute atomic E-state index is 0.889. The van der Waals surface area contributed by atoms with Crippen molar-refractivity contribution in [2.24, 2.45) is 0 Å². The SMILES string of the molecule is Cc1c(Cl)ccc2c1-c1sccc1CCC2. The Kier molecular flexibility index (Phi) is 2.53. The van der Waals surface area contributed by atoms with Gasteiger partial charge >= 0.3 is 0 Å². The maximum atomic E-state index is 6.24. The molecule has 0 aliphatic heterocycles. The predicted molar refractivity (Wildman–Crippen MR) is 71.5 cm³/mol. The molecule has 0 spiro atoms. The number of hydrogen-bond donors (Lipinski definition) is 0. The molecular formula is C14H13ClS. The summed E-state index contributed by atoms with van der Waals surface area (Å²) in [7, 11) is 0.